The monoisotopic (exact) mass is 408 g/mol. The highest BCUT2D eigenvalue weighted by molar-refractivity contribution is 5.25. The van der Waals surface area contributed by atoms with Crippen molar-refractivity contribution >= 4 is 0 Å². The Morgan fingerprint density at radius 2 is 1.47 bits per heavy atom. The fourth-order valence-corrected chi connectivity index (χ4v) is 5.55. The van der Waals surface area contributed by atoms with Gasteiger partial charge in [-0.1, -0.05) is 68.8 Å². The van der Waals surface area contributed by atoms with Gasteiger partial charge in [0.25, 0.3) is 0 Å². The van der Waals surface area contributed by atoms with Crippen molar-refractivity contribution < 1.29 is 4.74 Å². The third-order valence-corrected chi connectivity index (χ3v) is 7.45. The van der Waals surface area contributed by atoms with E-state index in [1.165, 1.54) is 69.8 Å². The lowest BCUT2D eigenvalue weighted by Crippen LogP contribution is -2.25. The van der Waals surface area contributed by atoms with Crippen molar-refractivity contribution in [3.8, 4) is 0 Å². The molecule has 0 aromatic heterocycles. The number of hydrogen-bond acceptors (Lipinski definition) is 1. The third-order valence-electron chi connectivity index (χ3n) is 7.45. The molecule has 0 aliphatic heterocycles. The number of unbranched alkanes of at least 4 members (excludes halogenated alkanes) is 1. The molecule has 2 aliphatic carbocycles. The van der Waals surface area contributed by atoms with Crippen molar-refractivity contribution in [1.82, 2.24) is 0 Å². The standard InChI is InChI=1S/C29H44O/c1-3-5-7-9-24-10-14-26(15-11-24)28-18-20-29(21-19-28)27-16-12-25(13-17-27)23-30-22-8-6-4-2/h6-9,12-13,16-17,24,26,28-29H,3-5,10-11,14-15,18-23H2,1-2H3/b8-6?,9-7+/t24-,26-,28?,29?. The van der Waals surface area contributed by atoms with Crippen LogP contribution in [-0.4, -0.2) is 6.61 Å². The molecule has 3 rings (SSSR count). The van der Waals surface area contributed by atoms with Crippen LogP contribution >= 0.6 is 0 Å². The van der Waals surface area contributed by atoms with Crippen molar-refractivity contribution in [3.63, 3.8) is 0 Å². The van der Waals surface area contributed by atoms with Crippen LogP contribution in [0.4, 0.5) is 0 Å². The van der Waals surface area contributed by atoms with Crippen LogP contribution in [0.15, 0.2) is 48.6 Å². The van der Waals surface area contributed by atoms with Gasteiger partial charge in [0.1, 0.15) is 0 Å². The maximum absolute atomic E-state index is 5.73. The Bertz CT molecular complexity index is 625. The predicted octanol–water partition coefficient (Wildman–Crippen LogP) is 8.61. The first-order valence-electron chi connectivity index (χ1n) is 12.8. The summed E-state index contributed by atoms with van der Waals surface area (Å²) in [6.07, 6.45) is 24.3. The highest BCUT2D eigenvalue weighted by atomic mass is 16.5. The molecule has 0 bridgehead atoms. The van der Waals surface area contributed by atoms with Gasteiger partial charge < -0.3 is 4.74 Å². The SMILES string of the molecule is CCC=CCOCc1ccc(C2CCC([C@H]3CC[C@H](/C=C/CCC)CC3)CC2)cc1. The highest BCUT2D eigenvalue weighted by Gasteiger charge is 2.30. The molecule has 0 amide bonds. The summed E-state index contributed by atoms with van der Waals surface area (Å²) in [7, 11) is 0. The predicted molar refractivity (Wildman–Crippen MR) is 130 cm³/mol. The zero-order valence-electron chi connectivity index (χ0n) is 19.5. The van der Waals surface area contributed by atoms with Crippen LogP contribution in [0.2, 0.25) is 0 Å². The van der Waals surface area contributed by atoms with Gasteiger partial charge in [-0.2, -0.15) is 0 Å². The molecule has 30 heavy (non-hydrogen) atoms. The van der Waals surface area contributed by atoms with Crippen LogP contribution < -0.4 is 0 Å². The van der Waals surface area contributed by atoms with Gasteiger partial charge in [0.15, 0.2) is 0 Å². The largest absolute Gasteiger partial charge is 0.373 e. The molecule has 2 aliphatic rings. The second kappa shape index (κ2) is 13.2. The zero-order valence-corrected chi connectivity index (χ0v) is 19.5. The molecule has 2 saturated carbocycles. The summed E-state index contributed by atoms with van der Waals surface area (Å²) in [5, 5.41) is 0. The number of hydrogen-bond donors (Lipinski definition) is 0. The molecular weight excluding hydrogens is 364 g/mol. The van der Waals surface area contributed by atoms with E-state index in [0.29, 0.717) is 0 Å². The van der Waals surface area contributed by atoms with E-state index < -0.39 is 0 Å². The molecule has 1 nitrogen and oxygen atoms in total. The Hall–Kier alpha value is -1.34. The molecule has 0 spiro atoms. The van der Waals surface area contributed by atoms with Gasteiger partial charge in [-0.3, -0.25) is 0 Å². The van der Waals surface area contributed by atoms with E-state index in [0.717, 1.165) is 43.3 Å². The van der Waals surface area contributed by atoms with E-state index in [1.54, 1.807) is 5.56 Å². The first-order chi connectivity index (χ1) is 14.8. The van der Waals surface area contributed by atoms with E-state index in [1.807, 2.05) is 0 Å². The molecule has 1 aromatic rings. The molecule has 0 unspecified atom stereocenters. The van der Waals surface area contributed by atoms with Crippen LogP contribution in [-0.2, 0) is 11.3 Å². The minimum Gasteiger partial charge on any atom is -0.373 e. The first kappa shape index (κ1) is 23.3. The molecule has 0 heterocycles. The van der Waals surface area contributed by atoms with Crippen LogP contribution in [0.25, 0.3) is 0 Å². The Morgan fingerprint density at radius 3 is 2.10 bits per heavy atom. The maximum atomic E-state index is 5.73. The van der Waals surface area contributed by atoms with Gasteiger partial charge >= 0.3 is 0 Å². The van der Waals surface area contributed by atoms with E-state index in [4.69, 9.17) is 4.74 Å². The van der Waals surface area contributed by atoms with Gasteiger partial charge in [-0.15, -0.1) is 0 Å². The summed E-state index contributed by atoms with van der Waals surface area (Å²) in [6.45, 7) is 5.86. The molecule has 1 heteroatoms. The minimum atomic E-state index is 0.719. The molecule has 0 saturated heterocycles. The molecule has 0 N–H and O–H groups in total. The van der Waals surface area contributed by atoms with E-state index in [9.17, 15) is 0 Å². The lowest BCUT2D eigenvalue weighted by molar-refractivity contribution is 0.148. The summed E-state index contributed by atoms with van der Waals surface area (Å²) in [5.41, 5.74) is 2.84. The number of rotatable bonds is 10. The van der Waals surface area contributed by atoms with Gasteiger partial charge in [-0.25, -0.2) is 0 Å². The molecule has 0 radical (unpaired) electrons. The molecule has 2 fully saturated rings. The number of ether oxygens (including phenoxy) is 1. The average Bonchev–Trinajstić information content (AvgIpc) is 2.80. The van der Waals surface area contributed by atoms with Crippen LogP contribution in [0.1, 0.15) is 102 Å². The average molecular weight is 409 g/mol. The van der Waals surface area contributed by atoms with Crippen molar-refractivity contribution in [1.29, 1.82) is 0 Å². The smallest absolute Gasteiger partial charge is 0.0721 e. The molecule has 166 valence electrons. The second-order valence-corrected chi connectivity index (χ2v) is 9.64. The molecule has 1 aromatic carbocycles. The van der Waals surface area contributed by atoms with Gasteiger partial charge in [0.2, 0.25) is 0 Å². The lowest BCUT2D eigenvalue weighted by Gasteiger charge is -2.37. The van der Waals surface area contributed by atoms with Crippen molar-refractivity contribution in [2.24, 2.45) is 17.8 Å². The van der Waals surface area contributed by atoms with Crippen molar-refractivity contribution in [2.75, 3.05) is 6.61 Å². The van der Waals surface area contributed by atoms with E-state index in [2.05, 4.69) is 62.4 Å². The van der Waals surface area contributed by atoms with Crippen LogP contribution in [0, 0.1) is 17.8 Å². The summed E-state index contributed by atoms with van der Waals surface area (Å²) < 4.78 is 5.73. The topological polar surface area (TPSA) is 9.23 Å². The highest BCUT2D eigenvalue weighted by Crippen LogP contribution is 2.44. The Kier molecular flexibility index (Phi) is 10.2. The van der Waals surface area contributed by atoms with Gasteiger partial charge in [0.05, 0.1) is 13.2 Å². The third kappa shape index (κ3) is 7.41. The summed E-state index contributed by atoms with van der Waals surface area (Å²) >= 11 is 0. The fourth-order valence-electron chi connectivity index (χ4n) is 5.55. The second-order valence-electron chi connectivity index (χ2n) is 9.64. The molecule has 0 atom stereocenters. The van der Waals surface area contributed by atoms with E-state index in [-0.39, 0.29) is 0 Å². The fraction of sp³-hybridized carbons (Fsp3) is 0.655. The quantitative estimate of drug-likeness (QED) is 0.278. The van der Waals surface area contributed by atoms with Crippen molar-refractivity contribution in [2.45, 2.75) is 97.0 Å². The number of benzene rings is 1. The van der Waals surface area contributed by atoms with Crippen LogP contribution in [0.3, 0.4) is 0 Å². The minimum absolute atomic E-state index is 0.719. The summed E-state index contributed by atoms with van der Waals surface area (Å²) in [4.78, 5) is 0. The van der Waals surface area contributed by atoms with Gasteiger partial charge in [0, 0.05) is 0 Å². The van der Waals surface area contributed by atoms with Crippen LogP contribution in [0.5, 0.6) is 0 Å². The maximum Gasteiger partial charge on any atom is 0.0721 e. The number of allylic oxidation sites excluding steroid dienone is 3. The Morgan fingerprint density at radius 1 is 0.800 bits per heavy atom. The summed E-state index contributed by atoms with van der Waals surface area (Å²) in [5.74, 6) is 3.64. The first-order valence-corrected chi connectivity index (χ1v) is 12.8. The Balaban J connectivity index is 1.37. The zero-order chi connectivity index (χ0) is 21.0. The van der Waals surface area contributed by atoms with Gasteiger partial charge in [-0.05, 0) is 99.0 Å². The normalized spacial score (nSPS) is 27.8. The molecular formula is C29H44O. The van der Waals surface area contributed by atoms with E-state index >= 15 is 0 Å². The van der Waals surface area contributed by atoms with Crippen molar-refractivity contribution in [3.05, 3.63) is 59.7 Å². The lowest BCUT2D eigenvalue weighted by atomic mass is 9.68. The summed E-state index contributed by atoms with van der Waals surface area (Å²) in [6, 6.07) is 9.27. The Labute approximate surface area is 186 Å².